The molecule has 0 bridgehead atoms. The summed E-state index contributed by atoms with van der Waals surface area (Å²) in [6.45, 7) is 2.26. The Bertz CT molecular complexity index is 488. The van der Waals surface area contributed by atoms with Crippen LogP contribution < -0.4 is 16.0 Å². The fourth-order valence-corrected chi connectivity index (χ4v) is 1.76. The average molecular weight is 249 g/mol. The third kappa shape index (κ3) is 2.73. The number of rotatable bonds is 3. The van der Waals surface area contributed by atoms with E-state index in [4.69, 9.17) is 0 Å². The van der Waals surface area contributed by atoms with Gasteiger partial charge >= 0.3 is 0 Å². The minimum absolute atomic E-state index is 0.0462. The highest BCUT2D eigenvalue weighted by Gasteiger charge is 2.24. The number of hydrogen-bond acceptors (Lipinski definition) is 5. The second-order valence-electron chi connectivity index (χ2n) is 4.15. The van der Waals surface area contributed by atoms with Gasteiger partial charge in [-0.25, -0.2) is 9.97 Å². The summed E-state index contributed by atoms with van der Waals surface area (Å²) in [4.78, 5) is 31.2. The van der Waals surface area contributed by atoms with Gasteiger partial charge in [0.2, 0.25) is 11.9 Å². The Hall–Kier alpha value is -2.18. The molecule has 1 saturated heterocycles. The molecule has 18 heavy (non-hydrogen) atoms. The standard InChI is InChI=1S/C11H15N5O2/c1-6-3-8(16-11(12-2)14-6)10(18)15-7-4-9(17)13-5-7/h3,7H,4-5H2,1-2H3,(H,13,17)(H,15,18)(H,12,14,16). The van der Waals surface area contributed by atoms with Crippen LogP contribution in [0.2, 0.25) is 0 Å². The van der Waals surface area contributed by atoms with Crippen molar-refractivity contribution in [1.82, 2.24) is 20.6 Å². The number of nitrogens with one attached hydrogen (secondary N) is 3. The fraction of sp³-hybridized carbons (Fsp3) is 0.455. The summed E-state index contributed by atoms with van der Waals surface area (Å²) >= 11 is 0. The molecule has 0 aromatic carbocycles. The van der Waals surface area contributed by atoms with Gasteiger partial charge in [-0.05, 0) is 13.0 Å². The van der Waals surface area contributed by atoms with Gasteiger partial charge < -0.3 is 16.0 Å². The lowest BCUT2D eigenvalue weighted by Gasteiger charge is -2.10. The first-order chi connectivity index (χ1) is 8.58. The SMILES string of the molecule is CNc1nc(C)cc(C(=O)NC2CNC(=O)C2)n1. The Morgan fingerprint density at radius 3 is 2.89 bits per heavy atom. The van der Waals surface area contributed by atoms with Crippen LogP contribution in [0.25, 0.3) is 0 Å². The van der Waals surface area contributed by atoms with Gasteiger partial charge in [-0.2, -0.15) is 0 Å². The van der Waals surface area contributed by atoms with E-state index in [1.165, 1.54) is 0 Å². The first-order valence-corrected chi connectivity index (χ1v) is 5.69. The quantitative estimate of drug-likeness (QED) is 0.667. The summed E-state index contributed by atoms with van der Waals surface area (Å²) in [6, 6.07) is 1.44. The monoisotopic (exact) mass is 249 g/mol. The van der Waals surface area contributed by atoms with E-state index in [-0.39, 0.29) is 17.9 Å². The molecule has 0 radical (unpaired) electrons. The number of amides is 2. The van der Waals surface area contributed by atoms with Gasteiger partial charge in [0.05, 0.1) is 6.04 Å². The molecule has 7 heteroatoms. The normalized spacial score (nSPS) is 18.3. The van der Waals surface area contributed by atoms with Crippen LogP contribution in [-0.2, 0) is 4.79 Å². The molecular weight excluding hydrogens is 234 g/mol. The molecule has 1 aliphatic rings. The number of nitrogens with zero attached hydrogens (tertiary/aromatic N) is 2. The van der Waals surface area contributed by atoms with E-state index in [2.05, 4.69) is 25.9 Å². The summed E-state index contributed by atoms with van der Waals surface area (Å²) in [5.74, 6) is 0.0642. The Balaban J connectivity index is 2.08. The van der Waals surface area contributed by atoms with Crippen LogP contribution in [0.3, 0.4) is 0 Å². The number of hydrogen-bond donors (Lipinski definition) is 3. The molecule has 7 nitrogen and oxygen atoms in total. The molecule has 3 N–H and O–H groups in total. The predicted octanol–water partition coefficient (Wildman–Crippen LogP) is -0.555. The zero-order valence-electron chi connectivity index (χ0n) is 10.3. The van der Waals surface area contributed by atoms with E-state index in [1.54, 1.807) is 20.0 Å². The molecule has 1 aliphatic heterocycles. The lowest BCUT2D eigenvalue weighted by atomic mass is 10.2. The van der Waals surface area contributed by atoms with Crippen LogP contribution in [0.4, 0.5) is 5.95 Å². The van der Waals surface area contributed by atoms with Crippen molar-refractivity contribution in [3.63, 3.8) is 0 Å². The highest BCUT2D eigenvalue weighted by molar-refractivity contribution is 5.93. The van der Waals surface area contributed by atoms with E-state index in [1.807, 2.05) is 0 Å². The third-order valence-electron chi connectivity index (χ3n) is 2.62. The Morgan fingerprint density at radius 2 is 2.28 bits per heavy atom. The number of anilines is 1. The maximum atomic E-state index is 12.0. The minimum Gasteiger partial charge on any atom is -0.357 e. The first-order valence-electron chi connectivity index (χ1n) is 5.69. The summed E-state index contributed by atoms with van der Waals surface area (Å²) in [7, 11) is 1.69. The van der Waals surface area contributed by atoms with Crippen LogP contribution >= 0.6 is 0 Å². The van der Waals surface area contributed by atoms with Crippen molar-refractivity contribution in [2.75, 3.05) is 18.9 Å². The Labute approximate surface area is 104 Å². The van der Waals surface area contributed by atoms with Crippen LogP contribution in [0.5, 0.6) is 0 Å². The molecule has 1 fully saturated rings. The van der Waals surface area contributed by atoms with Crippen LogP contribution in [0.1, 0.15) is 22.6 Å². The van der Waals surface area contributed by atoms with Crippen LogP contribution in [0, 0.1) is 6.92 Å². The summed E-state index contributed by atoms with van der Waals surface area (Å²) in [6.07, 6.45) is 0.314. The largest absolute Gasteiger partial charge is 0.357 e. The van der Waals surface area contributed by atoms with Crippen molar-refractivity contribution in [2.24, 2.45) is 0 Å². The predicted molar refractivity (Wildman–Crippen MR) is 65.2 cm³/mol. The minimum atomic E-state index is -0.293. The molecule has 2 amide bonds. The van der Waals surface area contributed by atoms with Crippen molar-refractivity contribution in [1.29, 1.82) is 0 Å². The number of aryl methyl sites for hydroxylation is 1. The highest BCUT2D eigenvalue weighted by atomic mass is 16.2. The lowest BCUT2D eigenvalue weighted by Crippen LogP contribution is -2.36. The van der Waals surface area contributed by atoms with Crippen molar-refractivity contribution < 1.29 is 9.59 Å². The molecule has 0 spiro atoms. The first kappa shape index (κ1) is 12.3. The Kier molecular flexibility index (Phi) is 3.40. The summed E-state index contributed by atoms with van der Waals surface area (Å²) < 4.78 is 0. The van der Waals surface area contributed by atoms with Crippen molar-refractivity contribution in [3.8, 4) is 0 Å². The second-order valence-corrected chi connectivity index (χ2v) is 4.15. The molecule has 1 aromatic heterocycles. The van der Waals surface area contributed by atoms with E-state index >= 15 is 0 Å². The van der Waals surface area contributed by atoms with E-state index in [0.717, 1.165) is 0 Å². The topological polar surface area (TPSA) is 96.0 Å². The number of carbonyl (C=O) groups excluding carboxylic acids is 2. The van der Waals surface area contributed by atoms with Gasteiger partial charge in [-0.15, -0.1) is 0 Å². The zero-order valence-corrected chi connectivity index (χ0v) is 10.3. The lowest BCUT2D eigenvalue weighted by molar-refractivity contribution is -0.119. The third-order valence-corrected chi connectivity index (χ3v) is 2.62. The molecule has 2 rings (SSSR count). The van der Waals surface area contributed by atoms with Crippen LogP contribution in [-0.4, -0.2) is 41.4 Å². The molecule has 1 unspecified atom stereocenters. The van der Waals surface area contributed by atoms with Gasteiger partial charge in [0.25, 0.3) is 5.91 Å². The van der Waals surface area contributed by atoms with Gasteiger partial charge in [0.1, 0.15) is 5.69 Å². The highest BCUT2D eigenvalue weighted by Crippen LogP contribution is 2.06. The molecule has 0 saturated carbocycles. The summed E-state index contributed by atoms with van der Waals surface area (Å²) in [5, 5.41) is 8.22. The molecule has 96 valence electrons. The average Bonchev–Trinajstić information content (AvgIpc) is 2.73. The molecule has 1 aromatic rings. The summed E-state index contributed by atoms with van der Waals surface area (Å²) in [5.41, 5.74) is 1.01. The van der Waals surface area contributed by atoms with Gasteiger partial charge in [-0.3, -0.25) is 9.59 Å². The van der Waals surface area contributed by atoms with Crippen LogP contribution in [0.15, 0.2) is 6.07 Å². The fourth-order valence-electron chi connectivity index (χ4n) is 1.76. The zero-order chi connectivity index (χ0) is 13.1. The molecule has 0 aliphatic carbocycles. The maximum absolute atomic E-state index is 12.0. The number of carbonyl (C=O) groups is 2. The van der Waals surface area contributed by atoms with E-state index in [0.29, 0.717) is 30.3 Å². The van der Waals surface area contributed by atoms with Gasteiger partial charge in [0.15, 0.2) is 0 Å². The van der Waals surface area contributed by atoms with Gasteiger partial charge in [-0.1, -0.05) is 0 Å². The van der Waals surface area contributed by atoms with Gasteiger partial charge in [0, 0.05) is 25.7 Å². The molecular formula is C11H15N5O2. The number of aromatic nitrogens is 2. The van der Waals surface area contributed by atoms with E-state index < -0.39 is 0 Å². The smallest absolute Gasteiger partial charge is 0.270 e. The second kappa shape index (κ2) is 4.99. The van der Waals surface area contributed by atoms with Crippen molar-refractivity contribution in [2.45, 2.75) is 19.4 Å². The van der Waals surface area contributed by atoms with E-state index in [9.17, 15) is 9.59 Å². The molecule has 1 atom stereocenters. The van der Waals surface area contributed by atoms with Crippen molar-refractivity contribution in [3.05, 3.63) is 17.5 Å². The Morgan fingerprint density at radius 1 is 1.50 bits per heavy atom. The molecule has 2 heterocycles. The van der Waals surface area contributed by atoms with Crippen molar-refractivity contribution >= 4 is 17.8 Å². The maximum Gasteiger partial charge on any atom is 0.270 e.